The number of hydrogen-bond donors (Lipinski definition) is 3. The lowest BCUT2D eigenvalue weighted by atomic mass is 9.41. The number of aliphatic hydroxyl groups is 3. The summed E-state index contributed by atoms with van der Waals surface area (Å²) >= 11 is 0. The van der Waals surface area contributed by atoms with Crippen LogP contribution < -0.4 is 0 Å². The molecule has 6 aliphatic rings. The summed E-state index contributed by atoms with van der Waals surface area (Å²) < 4.78 is 31.2. The Labute approximate surface area is 208 Å². The number of fused-ring (bicyclic) bond motifs is 2. The van der Waals surface area contributed by atoms with E-state index in [1.165, 1.54) is 0 Å². The van der Waals surface area contributed by atoms with Crippen molar-refractivity contribution in [2.45, 2.75) is 79.9 Å². The topological polar surface area (TPSA) is 110 Å². The van der Waals surface area contributed by atoms with Crippen molar-refractivity contribution in [1.82, 2.24) is 4.90 Å². The molecular weight excluding hydrogens is 454 g/mol. The molecule has 35 heavy (non-hydrogen) atoms. The lowest BCUT2D eigenvalue weighted by Gasteiger charge is -2.72. The van der Waals surface area contributed by atoms with Crippen LogP contribution >= 0.6 is 0 Å². The van der Waals surface area contributed by atoms with E-state index in [4.69, 9.17) is 23.7 Å². The first-order chi connectivity index (χ1) is 16.7. The van der Waals surface area contributed by atoms with Crippen LogP contribution in [0.4, 0.5) is 0 Å². The van der Waals surface area contributed by atoms with Crippen molar-refractivity contribution in [2.24, 2.45) is 28.6 Å². The van der Waals surface area contributed by atoms with Gasteiger partial charge in [-0.05, 0) is 25.8 Å². The quantitative estimate of drug-likeness (QED) is 0.449. The van der Waals surface area contributed by atoms with Gasteiger partial charge in [0.05, 0.1) is 48.1 Å². The van der Waals surface area contributed by atoms with Gasteiger partial charge in [-0.1, -0.05) is 6.92 Å². The molecule has 1 heterocycles. The number of rotatable bonds is 7. The Balaban J connectivity index is 1.75. The first kappa shape index (κ1) is 24.9. The van der Waals surface area contributed by atoms with E-state index in [1.54, 1.807) is 35.5 Å². The third-order valence-electron chi connectivity index (χ3n) is 12.0. The van der Waals surface area contributed by atoms with E-state index in [9.17, 15) is 15.3 Å². The van der Waals surface area contributed by atoms with Crippen molar-refractivity contribution in [3.05, 3.63) is 0 Å². The van der Waals surface area contributed by atoms with Crippen molar-refractivity contribution in [3.8, 4) is 0 Å². The first-order valence-electron chi connectivity index (χ1n) is 13.2. The largest absolute Gasteiger partial charge is 0.396 e. The standard InChI is InChI=1S/C26H43NO8/c1-7-27-12-22(13-28)9-8-16(32-3)25-19(22)20(34-5)26(30,21(25)27)24(35-6)11-15(31-2)14-10-23(25,29)18(24)17(14)33-4/h14-21,28-30H,7-13H2,1-6H3/t14?,15-,16-,17-,18?,19?,20-,21?,22-,23-,24+,25?,26?/m0/s1. The second-order valence-electron chi connectivity index (χ2n) is 12.2. The number of aliphatic hydroxyl groups excluding tert-OH is 1. The molecule has 6 fully saturated rings. The van der Waals surface area contributed by atoms with E-state index in [0.717, 1.165) is 6.42 Å². The lowest BCUT2D eigenvalue weighted by Crippen LogP contribution is -2.86. The Morgan fingerprint density at radius 3 is 2.23 bits per heavy atom. The third kappa shape index (κ3) is 2.24. The van der Waals surface area contributed by atoms with Gasteiger partial charge in [0.15, 0.2) is 0 Å². The van der Waals surface area contributed by atoms with E-state index in [2.05, 4.69) is 11.8 Å². The molecule has 7 bridgehead atoms. The Bertz CT molecular complexity index is 876. The summed E-state index contributed by atoms with van der Waals surface area (Å²) in [7, 11) is 8.37. The normalized spacial score (nSPS) is 60.3. The summed E-state index contributed by atoms with van der Waals surface area (Å²) in [5.41, 5.74) is -5.31. The highest BCUT2D eigenvalue weighted by atomic mass is 16.5. The molecule has 0 amide bonds. The molecule has 5 aliphatic carbocycles. The number of nitrogens with zero attached hydrogens (tertiary/aromatic N) is 1. The number of likely N-dealkylation sites (N-methyl/N-ethyl adjacent to an activating group) is 1. The molecule has 5 saturated carbocycles. The van der Waals surface area contributed by atoms with Crippen molar-refractivity contribution in [3.63, 3.8) is 0 Å². The number of methoxy groups -OCH3 is 5. The fourth-order valence-corrected chi connectivity index (χ4v) is 11.4. The molecule has 1 spiro atoms. The van der Waals surface area contributed by atoms with Crippen LogP contribution in [0.15, 0.2) is 0 Å². The van der Waals surface area contributed by atoms with Crippen LogP contribution in [0.5, 0.6) is 0 Å². The molecule has 0 aromatic heterocycles. The van der Waals surface area contributed by atoms with E-state index < -0.39 is 45.7 Å². The second kappa shape index (κ2) is 7.61. The number of likely N-dealkylation sites (tertiary alicyclic amines) is 1. The molecule has 1 aliphatic heterocycles. The fraction of sp³-hybridized carbons (Fsp3) is 1.00. The van der Waals surface area contributed by atoms with Crippen LogP contribution in [0, 0.1) is 28.6 Å². The summed E-state index contributed by atoms with van der Waals surface area (Å²) in [6.45, 7) is 3.36. The molecule has 6 rings (SSSR count). The van der Waals surface area contributed by atoms with Gasteiger partial charge in [0.2, 0.25) is 0 Å². The second-order valence-corrected chi connectivity index (χ2v) is 12.2. The molecule has 0 aromatic rings. The maximum absolute atomic E-state index is 13.3. The van der Waals surface area contributed by atoms with E-state index in [1.807, 2.05) is 0 Å². The van der Waals surface area contributed by atoms with Gasteiger partial charge in [0, 0.05) is 71.7 Å². The lowest BCUT2D eigenvalue weighted by molar-refractivity contribution is -0.362. The molecule has 200 valence electrons. The highest BCUT2D eigenvalue weighted by Crippen LogP contribution is 2.82. The van der Waals surface area contributed by atoms with E-state index >= 15 is 0 Å². The predicted octanol–water partition coefficient (Wildman–Crippen LogP) is 0.0400. The maximum Gasteiger partial charge on any atom is 0.136 e. The molecule has 1 saturated heterocycles. The molecule has 13 atom stereocenters. The zero-order chi connectivity index (χ0) is 25.2. The first-order valence-corrected chi connectivity index (χ1v) is 13.2. The summed E-state index contributed by atoms with van der Waals surface area (Å²) in [6.07, 6.45) is 0.797. The Kier molecular flexibility index (Phi) is 5.42. The van der Waals surface area contributed by atoms with Crippen LogP contribution in [-0.2, 0) is 23.7 Å². The summed E-state index contributed by atoms with van der Waals surface area (Å²) in [6, 6.07) is -0.465. The van der Waals surface area contributed by atoms with E-state index in [-0.39, 0.29) is 36.8 Å². The number of hydrogen-bond acceptors (Lipinski definition) is 9. The molecule has 3 N–H and O–H groups in total. The monoisotopic (exact) mass is 497 g/mol. The van der Waals surface area contributed by atoms with Gasteiger partial charge in [-0.2, -0.15) is 0 Å². The zero-order valence-corrected chi connectivity index (χ0v) is 21.9. The minimum atomic E-state index is -1.48. The molecule has 0 aromatic carbocycles. The Hall–Kier alpha value is -0.360. The molecule has 9 heteroatoms. The molecule has 0 radical (unpaired) electrons. The molecule has 6 unspecified atom stereocenters. The smallest absolute Gasteiger partial charge is 0.136 e. The van der Waals surface area contributed by atoms with Gasteiger partial charge in [-0.25, -0.2) is 0 Å². The zero-order valence-electron chi connectivity index (χ0n) is 21.9. The van der Waals surface area contributed by atoms with Gasteiger partial charge >= 0.3 is 0 Å². The highest BCUT2D eigenvalue weighted by molar-refractivity contribution is 5.45. The van der Waals surface area contributed by atoms with Gasteiger partial charge in [-0.3, -0.25) is 4.90 Å². The average molecular weight is 498 g/mol. The van der Waals surface area contributed by atoms with E-state index in [0.29, 0.717) is 32.4 Å². The Morgan fingerprint density at radius 1 is 0.943 bits per heavy atom. The van der Waals surface area contributed by atoms with Gasteiger partial charge in [0.25, 0.3) is 0 Å². The number of piperidine rings is 1. The summed E-state index contributed by atoms with van der Waals surface area (Å²) in [5.74, 6) is -0.837. The third-order valence-corrected chi connectivity index (χ3v) is 12.0. The van der Waals surface area contributed by atoms with Crippen molar-refractivity contribution < 1.29 is 39.0 Å². The molecular formula is C26H43NO8. The van der Waals surface area contributed by atoms with Crippen molar-refractivity contribution in [1.29, 1.82) is 0 Å². The fourth-order valence-electron chi connectivity index (χ4n) is 11.4. The SMILES string of the molecule is CCN1C[C@]2(CO)CC[C@H](OC)C34C1C(O)([C@@H](OC)C32)[C@@]1(OC)C[C@H](OC)C2C[C@]4(O)C1[C@H]2OC. The maximum atomic E-state index is 13.3. The summed E-state index contributed by atoms with van der Waals surface area (Å²) in [4.78, 5) is 2.28. The van der Waals surface area contributed by atoms with Crippen LogP contribution in [0.2, 0.25) is 0 Å². The van der Waals surface area contributed by atoms with Gasteiger partial charge < -0.3 is 39.0 Å². The minimum Gasteiger partial charge on any atom is -0.396 e. The summed E-state index contributed by atoms with van der Waals surface area (Å²) in [5, 5.41) is 37.6. The number of ether oxygens (including phenoxy) is 5. The van der Waals surface area contributed by atoms with Gasteiger partial charge in [-0.15, -0.1) is 0 Å². The molecule has 9 nitrogen and oxygen atoms in total. The van der Waals surface area contributed by atoms with Gasteiger partial charge in [0.1, 0.15) is 11.2 Å². The highest BCUT2D eigenvalue weighted by Gasteiger charge is 2.95. The van der Waals surface area contributed by atoms with Crippen molar-refractivity contribution >= 4 is 0 Å². The average Bonchev–Trinajstić information content (AvgIpc) is 3.22. The van der Waals surface area contributed by atoms with Crippen LogP contribution in [-0.4, -0.2) is 123 Å². The van der Waals surface area contributed by atoms with Crippen LogP contribution in [0.3, 0.4) is 0 Å². The van der Waals surface area contributed by atoms with Crippen LogP contribution in [0.25, 0.3) is 0 Å². The van der Waals surface area contributed by atoms with Crippen molar-refractivity contribution in [2.75, 3.05) is 55.2 Å². The Morgan fingerprint density at radius 2 is 1.69 bits per heavy atom. The minimum absolute atomic E-state index is 0.0342. The van der Waals surface area contributed by atoms with Crippen LogP contribution in [0.1, 0.15) is 32.6 Å². The predicted molar refractivity (Wildman–Crippen MR) is 125 cm³/mol.